The smallest absolute Gasteiger partial charge is 0.251 e. The van der Waals surface area contributed by atoms with Crippen molar-refractivity contribution in [2.24, 2.45) is 0 Å². The van der Waals surface area contributed by atoms with Crippen molar-refractivity contribution in [2.45, 2.75) is 25.9 Å². The molecule has 1 amide bonds. The van der Waals surface area contributed by atoms with Gasteiger partial charge in [-0.1, -0.05) is 0 Å². The minimum absolute atomic E-state index is 0.0614. The molecule has 23 heavy (non-hydrogen) atoms. The summed E-state index contributed by atoms with van der Waals surface area (Å²) in [5.41, 5.74) is 1.78. The lowest BCUT2D eigenvalue weighted by Gasteiger charge is -2.08. The summed E-state index contributed by atoms with van der Waals surface area (Å²) in [6.07, 6.45) is 5.16. The Bertz CT molecular complexity index is 673. The fourth-order valence-corrected chi connectivity index (χ4v) is 2.56. The molecule has 0 fully saturated rings. The fourth-order valence-electron chi connectivity index (χ4n) is 2.56. The summed E-state index contributed by atoms with van der Waals surface area (Å²) < 4.78 is 11.2. The molecule has 1 aromatic carbocycles. The predicted molar refractivity (Wildman–Crippen MR) is 86.9 cm³/mol. The predicted octanol–water partition coefficient (Wildman–Crippen LogP) is 2.60. The van der Waals surface area contributed by atoms with Crippen molar-refractivity contribution >= 4 is 5.91 Å². The maximum Gasteiger partial charge on any atom is 0.251 e. The number of rotatable bonds is 6. The van der Waals surface area contributed by atoms with Crippen molar-refractivity contribution in [2.75, 3.05) is 13.2 Å². The molecule has 120 valence electrons. The van der Waals surface area contributed by atoms with E-state index in [0.717, 1.165) is 29.9 Å². The molecular formula is C18H20N2O3. The van der Waals surface area contributed by atoms with E-state index in [2.05, 4.69) is 10.3 Å². The number of nitrogens with zero attached hydrogens (tertiary/aromatic N) is 1. The van der Waals surface area contributed by atoms with Crippen LogP contribution in [-0.2, 0) is 6.42 Å². The summed E-state index contributed by atoms with van der Waals surface area (Å²) in [7, 11) is 0. The third kappa shape index (κ3) is 4.00. The zero-order chi connectivity index (χ0) is 16.1. The quantitative estimate of drug-likeness (QED) is 0.833. The van der Waals surface area contributed by atoms with Gasteiger partial charge >= 0.3 is 0 Å². The van der Waals surface area contributed by atoms with Gasteiger partial charge in [-0.05, 0) is 49.2 Å². The van der Waals surface area contributed by atoms with Crippen LogP contribution in [0.2, 0.25) is 0 Å². The number of nitrogens with one attached hydrogen (secondary N) is 1. The summed E-state index contributed by atoms with van der Waals surface area (Å²) in [6, 6.07) is 9.28. The van der Waals surface area contributed by atoms with E-state index in [1.807, 2.05) is 31.2 Å². The molecule has 0 radical (unpaired) electrons. The molecule has 0 saturated heterocycles. The number of pyridine rings is 1. The highest BCUT2D eigenvalue weighted by Gasteiger charge is 2.20. The maximum absolute atomic E-state index is 12.2. The Morgan fingerprint density at radius 1 is 1.43 bits per heavy atom. The average Bonchev–Trinajstić information content (AvgIpc) is 2.94. The van der Waals surface area contributed by atoms with Gasteiger partial charge in [0.25, 0.3) is 5.91 Å². The first-order chi connectivity index (χ1) is 11.2. The molecule has 0 unspecified atom stereocenters. The summed E-state index contributed by atoms with van der Waals surface area (Å²) in [5.74, 6) is 1.57. The summed E-state index contributed by atoms with van der Waals surface area (Å²) in [4.78, 5) is 16.1. The molecule has 3 rings (SSSR count). The van der Waals surface area contributed by atoms with Crippen LogP contribution >= 0.6 is 0 Å². The monoisotopic (exact) mass is 312 g/mol. The SMILES string of the molecule is C[C@H]1Cc2cc(C(=O)NCCCOc3cccnc3)ccc2O1. The van der Waals surface area contributed by atoms with Gasteiger partial charge in [-0.25, -0.2) is 0 Å². The van der Waals surface area contributed by atoms with E-state index >= 15 is 0 Å². The molecule has 0 aliphatic carbocycles. The van der Waals surface area contributed by atoms with Gasteiger partial charge in [0.15, 0.2) is 0 Å². The van der Waals surface area contributed by atoms with Crippen LogP contribution in [0.1, 0.15) is 29.3 Å². The van der Waals surface area contributed by atoms with Crippen molar-refractivity contribution in [1.29, 1.82) is 0 Å². The van der Waals surface area contributed by atoms with Gasteiger partial charge in [-0.2, -0.15) is 0 Å². The molecule has 1 aliphatic rings. The lowest BCUT2D eigenvalue weighted by molar-refractivity contribution is 0.0951. The molecule has 0 bridgehead atoms. The standard InChI is InChI=1S/C18H20N2O3/c1-13-10-15-11-14(5-6-17(15)23-13)18(21)20-8-3-9-22-16-4-2-7-19-12-16/h2,4-7,11-13H,3,8-10H2,1H3,(H,20,21)/t13-/m0/s1. The second kappa shape index (κ2) is 7.13. The van der Waals surface area contributed by atoms with Gasteiger partial charge in [0.2, 0.25) is 0 Å². The molecular weight excluding hydrogens is 292 g/mol. The molecule has 5 nitrogen and oxygen atoms in total. The highest BCUT2D eigenvalue weighted by Crippen LogP contribution is 2.29. The Balaban J connectivity index is 1.42. The van der Waals surface area contributed by atoms with Gasteiger partial charge in [-0.15, -0.1) is 0 Å². The van der Waals surface area contributed by atoms with Crippen molar-refractivity contribution in [1.82, 2.24) is 10.3 Å². The van der Waals surface area contributed by atoms with Crippen molar-refractivity contribution < 1.29 is 14.3 Å². The number of hydrogen-bond donors (Lipinski definition) is 1. The molecule has 2 aromatic rings. The van der Waals surface area contributed by atoms with Gasteiger partial charge in [0.05, 0.1) is 12.8 Å². The molecule has 5 heteroatoms. The third-order valence-electron chi connectivity index (χ3n) is 3.67. The lowest BCUT2D eigenvalue weighted by Crippen LogP contribution is -2.25. The van der Waals surface area contributed by atoms with Gasteiger partial charge in [0.1, 0.15) is 17.6 Å². The van der Waals surface area contributed by atoms with Crippen molar-refractivity contribution in [3.05, 3.63) is 53.9 Å². The van der Waals surface area contributed by atoms with E-state index in [0.29, 0.717) is 18.7 Å². The van der Waals surface area contributed by atoms with Gasteiger partial charge in [-0.3, -0.25) is 9.78 Å². The average molecular weight is 312 g/mol. The Labute approximate surface area is 135 Å². The van der Waals surface area contributed by atoms with Crippen molar-refractivity contribution in [3.63, 3.8) is 0 Å². The molecule has 1 aromatic heterocycles. The Morgan fingerprint density at radius 2 is 2.35 bits per heavy atom. The Hall–Kier alpha value is -2.56. The number of amides is 1. The second-order valence-electron chi connectivity index (χ2n) is 5.60. The number of fused-ring (bicyclic) bond motifs is 1. The number of aromatic nitrogens is 1. The zero-order valence-electron chi connectivity index (χ0n) is 13.1. The number of benzene rings is 1. The van der Waals surface area contributed by atoms with Crippen LogP contribution in [0.3, 0.4) is 0 Å². The molecule has 0 spiro atoms. The van der Waals surface area contributed by atoms with E-state index in [1.165, 1.54) is 0 Å². The van der Waals surface area contributed by atoms with E-state index in [9.17, 15) is 4.79 Å². The van der Waals surface area contributed by atoms with Crippen LogP contribution in [0, 0.1) is 0 Å². The highest BCUT2D eigenvalue weighted by molar-refractivity contribution is 5.94. The van der Waals surface area contributed by atoms with Crippen LogP contribution < -0.4 is 14.8 Å². The largest absolute Gasteiger partial charge is 0.492 e. The summed E-state index contributed by atoms with van der Waals surface area (Å²) >= 11 is 0. The molecule has 1 atom stereocenters. The highest BCUT2D eigenvalue weighted by atomic mass is 16.5. The summed E-state index contributed by atoms with van der Waals surface area (Å²) in [6.45, 7) is 3.15. The van der Waals surface area contributed by atoms with Gasteiger partial charge < -0.3 is 14.8 Å². The number of ether oxygens (including phenoxy) is 2. The normalized spacial score (nSPS) is 15.6. The zero-order valence-corrected chi connectivity index (χ0v) is 13.1. The third-order valence-corrected chi connectivity index (χ3v) is 3.67. The van der Waals surface area contributed by atoms with E-state index in [4.69, 9.17) is 9.47 Å². The molecule has 0 saturated carbocycles. The lowest BCUT2D eigenvalue weighted by atomic mass is 10.1. The fraction of sp³-hybridized carbons (Fsp3) is 0.333. The molecule has 1 N–H and O–H groups in total. The number of carbonyl (C=O) groups excluding carboxylic acids is 1. The van der Waals surface area contributed by atoms with E-state index in [-0.39, 0.29) is 12.0 Å². The van der Waals surface area contributed by atoms with Gasteiger partial charge in [0, 0.05) is 24.7 Å². The van der Waals surface area contributed by atoms with Crippen LogP contribution in [0.5, 0.6) is 11.5 Å². The van der Waals surface area contributed by atoms with E-state index < -0.39 is 0 Å². The first-order valence-electron chi connectivity index (χ1n) is 7.83. The minimum Gasteiger partial charge on any atom is -0.492 e. The maximum atomic E-state index is 12.2. The van der Waals surface area contributed by atoms with Crippen LogP contribution in [0.4, 0.5) is 0 Å². The topological polar surface area (TPSA) is 60.5 Å². The van der Waals surface area contributed by atoms with Crippen LogP contribution in [0.25, 0.3) is 0 Å². The van der Waals surface area contributed by atoms with E-state index in [1.54, 1.807) is 18.5 Å². The summed E-state index contributed by atoms with van der Waals surface area (Å²) in [5, 5.41) is 2.91. The Morgan fingerprint density at radius 3 is 3.17 bits per heavy atom. The van der Waals surface area contributed by atoms with Crippen LogP contribution in [0.15, 0.2) is 42.7 Å². The second-order valence-corrected chi connectivity index (χ2v) is 5.60. The number of carbonyl (C=O) groups is 1. The molecule has 1 aliphatic heterocycles. The minimum atomic E-state index is -0.0614. The number of hydrogen-bond acceptors (Lipinski definition) is 4. The Kier molecular flexibility index (Phi) is 4.76. The van der Waals surface area contributed by atoms with Crippen LogP contribution in [-0.4, -0.2) is 30.1 Å². The first kappa shape index (κ1) is 15.3. The van der Waals surface area contributed by atoms with Crippen molar-refractivity contribution in [3.8, 4) is 11.5 Å². The molecule has 2 heterocycles. The first-order valence-corrected chi connectivity index (χ1v) is 7.83.